The molecular weight excluding hydrogens is 360 g/mol. The second-order valence-corrected chi connectivity index (χ2v) is 7.33. The van der Waals surface area contributed by atoms with Crippen LogP contribution >= 0.6 is 11.3 Å². The quantitative estimate of drug-likeness (QED) is 0.580. The number of nitrogens with zero attached hydrogens (tertiary/aromatic N) is 1. The topological polar surface area (TPSA) is 60.3 Å². The Hall–Kier alpha value is -3.12. The lowest BCUT2D eigenvalue weighted by atomic mass is 10.1. The molecule has 1 heterocycles. The number of carbonyl (C=O) groups excluding carboxylic acids is 1. The molecule has 3 aromatic carbocycles. The van der Waals surface area contributed by atoms with Gasteiger partial charge in [-0.2, -0.15) is 0 Å². The predicted octanol–water partition coefficient (Wildman–Crippen LogP) is 4.16. The first kappa shape index (κ1) is 17.3. The van der Waals surface area contributed by atoms with Gasteiger partial charge >= 0.3 is 4.87 Å². The molecule has 0 saturated carbocycles. The number of hydrogen-bond donors (Lipinski definition) is 1. The summed E-state index contributed by atoms with van der Waals surface area (Å²) in [6.07, 6.45) is -0.666. The van der Waals surface area contributed by atoms with Crippen LogP contribution in [0, 0.1) is 0 Å². The molecule has 0 spiro atoms. The van der Waals surface area contributed by atoms with Gasteiger partial charge in [-0.25, -0.2) is 0 Å². The van der Waals surface area contributed by atoms with E-state index in [1.165, 1.54) is 0 Å². The van der Waals surface area contributed by atoms with Gasteiger partial charge in [-0.3, -0.25) is 9.59 Å². The van der Waals surface area contributed by atoms with Crippen LogP contribution in [-0.2, 0) is 11.8 Å². The molecule has 0 fully saturated rings. The number of anilines is 1. The van der Waals surface area contributed by atoms with E-state index >= 15 is 0 Å². The van der Waals surface area contributed by atoms with Crippen molar-refractivity contribution in [2.75, 3.05) is 5.32 Å². The van der Waals surface area contributed by atoms with E-state index in [2.05, 4.69) is 5.32 Å². The van der Waals surface area contributed by atoms with Crippen molar-refractivity contribution in [2.45, 2.75) is 13.0 Å². The molecule has 4 rings (SSSR count). The van der Waals surface area contributed by atoms with Crippen molar-refractivity contribution in [1.29, 1.82) is 0 Å². The summed E-state index contributed by atoms with van der Waals surface area (Å²) in [5, 5.41) is 4.89. The van der Waals surface area contributed by atoms with Crippen LogP contribution in [0.5, 0.6) is 5.75 Å². The maximum atomic E-state index is 12.6. The molecule has 1 atom stereocenters. The van der Waals surface area contributed by atoms with Crippen molar-refractivity contribution < 1.29 is 9.53 Å². The number of fused-ring (bicyclic) bond motifs is 2. The molecule has 1 aromatic heterocycles. The number of nitrogens with one attached hydrogen (secondary N) is 1. The van der Waals surface area contributed by atoms with E-state index in [4.69, 9.17) is 4.74 Å². The first-order chi connectivity index (χ1) is 13.0. The fourth-order valence-electron chi connectivity index (χ4n) is 3.00. The Bertz CT molecular complexity index is 1200. The second kappa shape index (κ2) is 6.89. The fourth-order valence-corrected chi connectivity index (χ4v) is 3.92. The van der Waals surface area contributed by atoms with Crippen LogP contribution in [0.15, 0.2) is 65.5 Å². The molecule has 1 amide bonds. The molecule has 4 aromatic rings. The molecule has 1 N–H and O–H groups in total. The molecule has 0 aliphatic heterocycles. The van der Waals surface area contributed by atoms with Crippen LogP contribution in [0.4, 0.5) is 5.69 Å². The minimum atomic E-state index is -0.666. The maximum Gasteiger partial charge on any atom is 0.307 e. The van der Waals surface area contributed by atoms with Gasteiger partial charge in [0.2, 0.25) is 0 Å². The van der Waals surface area contributed by atoms with Crippen molar-refractivity contribution >= 4 is 43.9 Å². The number of rotatable bonds is 4. The van der Waals surface area contributed by atoms with E-state index in [9.17, 15) is 9.59 Å². The number of aryl methyl sites for hydroxylation is 1. The predicted molar refractivity (Wildman–Crippen MR) is 110 cm³/mol. The molecule has 5 nitrogen and oxygen atoms in total. The van der Waals surface area contributed by atoms with Gasteiger partial charge in [0.15, 0.2) is 6.10 Å². The molecule has 136 valence electrons. The highest BCUT2D eigenvalue weighted by Gasteiger charge is 2.16. The Balaban J connectivity index is 1.53. The van der Waals surface area contributed by atoms with Crippen LogP contribution in [0.1, 0.15) is 6.92 Å². The zero-order valence-corrected chi connectivity index (χ0v) is 15.7. The lowest BCUT2D eigenvalue weighted by Gasteiger charge is -2.16. The number of aromatic nitrogens is 1. The summed E-state index contributed by atoms with van der Waals surface area (Å²) in [7, 11) is 1.74. The lowest BCUT2D eigenvalue weighted by molar-refractivity contribution is -0.122. The van der Waals surface area contributed by atoms with Crippen molar-refractivity contribution in [3.8, 4) is 5.75 Å². The smallest absolute Gasteiger partial charge is 0.307 e. The Kier molecular flexibility index (Phi) is 4.41. The first-order valence-corrected chi connectivity index (χ1v) is 9.39. The Morgan fingerprint density at radius 2 is 1.89 bits per heavy atom. The van der Waals surface area contributed by atoms with E-state index in [1.807, 2.05) is 54.6 Å². The molecule has 6 heteroatoms. The number of ether oxygens (including phenoxy) is 1. The molecule has 0 aliphatic rings. The zero-order valence-electron chi connectivity index (χ0n) is 14.9. The second-order valence-electron chi connectivity index (χ2n) is 6.34. The van der Waals surface area contributed by atoms with E-state index in [-0.39, 0.29) is 10.8 Å². The third kappa shape index (κ3) is 3.31. The van der Waals surface area contributed by atoms with Gasteiger partial charge in [0.1, 0.15) is 5.75 Å². The van der Waals surface area contributed by atoms with Crippen molar-refractivity contribution in [3.63, 3.8) is 0 Å². The van der Waals surface area contributed by atoms with Gasteiger partial charge in [-0.1, -0.05) is 47.7 Å². The van der Waals surface area contributed by atoms with Gasteiger partial charge in [0, 0.05) is 18.1 Å². The average molecular weight is 378 g/mol. The number of amides is 1. The van der Waals surface area contributed by atoms with Crippen molar-refractivity contribution in [1.82, 2.24) is 4.57 Å². The summed E-state index contributed by atoms with van der Waals surface area (Å²) in [6.45, 7) is 1.72. The summed E-state index contributed by atoms with van der Waals surface area (Å²) in [5.41, 5.74) is 1.49. The van der Waals surface area contributed by atoms with Gasteiger partial charge in [-0.15, -0.1) is 0 Å². The zero-order chi connectivity index (χ0) is 19.0. The summed E-state index contributed by atoms with van der Waals surface area (Å²) in [5.74, 6) is 0.429. The van der Waals surface area contributed by atoms with Crippen molar-refractivity contribution in [2.24, 2.45) is 7.05 Å². The van der Waals surface area contributed by atoms with Gasteiger partial charge in [0.25, 0.3) is 5.91 Å². The van der Waals surface area contributed by atoms with Crippen LogP contribution < -0.4 is 14.9 Å². The summed E-state index contributed by atoms with van der Waals surface area (Å²) < 4.78 is 8.34. The number of carbonyl (C=O) groups is 1. The van der Waals surface area contributed by atoms with Crippen LogP contribution in [0.3, 0.4) is 0 Å². The number of hydrogen-bond acceptors (Lipinski definition) is 4. The molecule has 0 unspecified atom stereocenters. The average Bonchev–Trinajstić information content (AvgIpc) is 2.95. The Labute approximate surface area is 159 Å². The monoisotopic (exact) mass is 378 g/mol. The fraction of sp³-hybridized carbons (Fsp3) is 0.143. The molecule has 0 saturated heterocycles. The first-order valence-electron chi connectivity index (χ1n) is 8.58. The summed E-state index contributed by atoms with van der Waals surface area (Å²) in [6, 6.07) is 19.1. The highest BCUT2D eigenvalue weighted by atomic mass is 32.1. The number of benzene rings is 3. The minimum absolute atomic E-state index is 0.0267. The highest BCUT2D eigenvalue weighted by Crippen LogP contribution is 2.26. The molecule has 0 radical (unpaired) electrons. The SMILES string of the molecule is C[C@H](Oc1cccc2ccccc12)C(=O)Nc1ccc2c(c1)sc(=O)n2C. The maximum absolute atomic E-state index is 12.6. The number of thiazole rings is 1. The lowest BCUT2D eigenvalue weighted by Crippen LogP contribution is -2.30. The Morgan fingerprint density at radius 3 is 2.74 bits per heavy atom. The molecule has 27 heavy (non-hydrogen) atoms. The van der Waals surface area contributed by atoms with Crippen LogP contribution in [0.2, 0.25) is 0 Å². The highest BCUT2D eigenvalue weighted by molar-refractivity contribution is 7.16. The van der Waals surface area contributed by atoms with Crippen molar-refractivity contribution in [3.05, 3.63) is 70.3 Å². The van der Waals surface area contributed by atoms with Crippen LogP contribution in [0.25, 0.3) is 21.0 Å². The Morgan fingerprint density at radius 1 is 1.11 bits per heavy atom. The minimum Gasteiger partial charge on any atom is -0.480 e. The van der Waals surface area contributed by atoms with E-state index in [0.29, 0.717) is 11.4 Å². The largest absolute Gasteiger partial charge is 0.480 e. The van der Waals surface area contributed by atoms with E-state index in [0.717, 1.165) is 32.3 Å². The van der Waals surface area contributed by atoms with Gasteiger partial charge in [-0.05, 0) is 36.6 Å². The van der Waals surface area contributed by atoms with Gasteiger partial charge < -0.3 is 14.6 Å². The molecule has 0 aliphatic carbocycles. The van der Waals surface area contributed by atoms with Gasteiger partial charge in [0.05, 0.1) is 10.2 Å². The third-order valence-electron chi connectivity index (χ3n) is 4.48. The summed E-state index contributed by atoms with van der Waals surface area (Å²) in [4.78, 5) is 24.3. The van der Waals surface area contributed by atoms with E-state index < -0.39 is 6.10 Å². The van der Waals surface area contributed by atoms with Crippen LogP contribution in [-0.4, -0.2) is 16.6 Å². The third-order valence-corrected chi connectivity index (χ3v) is 5.48. The van der Waals surface area contributed by atoms with E-state index in [1.54, 1.807) is 24.6 Å². The summed E-state index contributed by atoms with van der Waals surface area (Å²) >= 11 is 1.16. The normalized spacial score (nSPS) is 12.2. The molecular formula is C21H18N2O3S. The molecule has 0 bridgehead atoms. The standard InChI is InChI=1S/C21H18N2O3S/c1-13(26-18-9-5-7-14-6-3-4-8-16(14)18)20(24)22-15-10-11-17-19(12-15)27-21(25)23(17)2/h3-13H,1-2H3,(H,22,24)/t13-/m0/s1.